The van der Waals surface area contributed by atoms with Crippen LogP contribution >= 0.6 is 0 Å². The third-order valence-electron chi connectivity index (χ3n) is 6.36. The number of amides is 2. The number of anilines is 1. The van der Waals surface area contributed by atoms with Crippen molar-refractivity contribution in [2.45, 2.75) is 57.4 Å². The van der Waals surface area contributed by atoms with Gasteiger partial charge in [-0.15, -0.1) is 0 Å². The Bertz CT molecular complexity index is 733. The van der Waals surface area contributed by atoms with Crippen molar-refractivity contribution in [1.82, 2.24) is 20.2 Å². The van der Waals surface area contributed by atoms with Gasteiger partial charge in [-0.25, -0.2) is 14.8 Å². The average molecular weight is 387 g/mol. The zero-order valence-corrected chi connectivity index (χ0v) is 16.3. The highest BCUT2D eigenvalue weighted by Crippen LogP contribution is 2.32. The van der Waals surface area contributed by atoms with E-state index in [1.54, 1.807) is 4.90 Å². The van der Waals surface area contributed by atoms with Crippen molar-refractivity contribution in [2.75, 3.05) is 31.1 Å². The molecule has 2 aliphatic heterocycles. The van der Waals surface area contributed by atoms with E-state index in [1.165, 1.54) is 5.56 Å². The zero-order valence-electron chi connectivity index (χ0n) is 16.3. The molecule has 2 amide bonds. The standard InChI is InChI=1S/C20H29N5O3/c26-18(27)6-3-14-1-4-16(5-2-14)24-11-12-25(20(24)28)19-22-13-15-7-9-21-10-8-17(15)23-19/h13-14,16,21H,1-12H2,(H,26,27). The number of carboxylic acids is 1. The van der Waals surface area contributed by atoms with Gasteiger partial charge >= 0.3 is 12.0 Å². The topological polar surface area (TPSA) is 98.7 Å². The molecule has 8 nitrogen and oxygen atoms in total. The van der Waals surface area contributed by atoms with E-state index in [0.29, 0.717) is 25.0 Å². The van der Waals surface area contributed by atoms with Crippen molar-refractivity contribution >= 4 is 17.9 Å². The molecule has 1 aromatic rings. The first-order chi connectivity index (χ1) is 13.6. The van der Waals surface area contributed by atoms with Crippen molar-refractivity contribution in [3.05, 3.63) is 17.5 Å². The summed E-state index contributed by atoms with van der Waals surface area (Å²) in [5.74, 6) is 0.287. The van der Waals surface area contributed by atoms with Gasteiger partial charge in [-0.3, -0.25) is 9.69 Å². The van der Waals surface area contributed by atoms with Crippen molar-refractivity contribution in [1.29, 1.82) is 0 Å². The lowest BCUT2D eigenvalue weighted by atomic mass is 9.83. The highest BCUT2D eigenvalue weighted by molar-refractivity contribution is 5.92. The van der Waals surface area contributed by atoms with Crippen LogP contribution in [0.2, 0.25) is 0 Å². The van der Waals surface area contributed by atoms with Gasteiger partial charge in [0, 0.05) is 44.7 Å². The molecule has 1 saturated carbocycles. The summed E-state index contributed by atoms with van der Waals surface area (Å²) in [6.45, 7) is 3.20. The molecule has 2 fully saturated rings. The summed E-state index contributed by atoms with van der Waals surface area (Å²) in [5, 5.41) is 12.2. The molecule has 8 heteroatoms. The van der Waals surface area contributed by atoms with Crippen LogP contribution in [0.5, 0.6) is 0 Å². The number of rotatable bonds is 5. The fourth-order valence-corrected chi connectivity index (χ4v) is 4.69. The molecule has 0 radical (unpaired) electrons. The molecular weight excluding hydrogens is 358 g/mol. The van der Waals surface area contributed by atoms with Crippen LogP contribution in [0.25, 0.3) is 0 Å². The summed E-state index contributed by atoms with van der Waals surface area (Å²) < 4.78 is 0. The third kappa shape index (κ3) is 4.11. The normalized spacial score (nSPS) is 25.5. The summed E-state index contributed by atoms with van der Waals surface area (Å²) in [4.78, 5) is 36.7. The molecule has 3 aliphatic rings. The lowest BCUT2D eigenvalue weighted by Crippen LogP contribution is -2.41. The van der Waals surface area contributed by atoms with Crippen LogP contribution in [0.1, 0.15) is 49.8 Å². The van der Waals surface area contributed by atoms with E-state index in [4.69, 9.17) is 10.1 Å². The van der Waals surface area contributed by atoms with Gasteiger partial charge in [0.25, 0.3) is 0 Å². The Morgan fingerprint density at radius 3 is 2.75 bits per heavy atom. The van der Waals surface area contributed by atoms with E-state index in [0.717, 1.165) is 63.7 Å². The van der Waals surface area contributed by atoms with E-state index >= 15 is 0 Å². The second kappa shape index (κ2) is 8.43. The number of hydrogen-bond donors (Lipinski definition) is 2. The number of aromatic nitrogens is 2. The summed E-state index contributed by atoms with van der Waals surface area (Å²) in [7, 11) is 0. The fourth-order valence-electron chi connectivity index (χ4n) is 4.69. The predicted molar refractivity (Wildman–Crippen MR) is 104 cm³/mol. The summed E-state index contributed by atoms with van der Waals surface area (Å²) >= 11 is 0. The van der Waals surface area contributed by atoms with E-state index in [-0.39, 0.29) is 18.5 Å². The summed E-state index contributed by atoms with van der Waals surface area (Å²) in [6.07, 6.45) is 8.61. The van der Waals surface area contributed by atoms with Crippen LogP contribution in [0.4, 0.5) is 10.7 Å². The lowest BCUT2D eigenvalue weighted by Gasteiger charge is -2.34. The number of fused-ring (bicyclic) bond motifs is 1. The minimum Gasteiger partial charge on any atom is -0.481 e. The number of carbonyl (C=O) groups excluding carboxylic acids is 1. The Labute approximate surface area is 165 Å². The molecule has 152 valence electrons. The Balaban J connectivity index is 1.37. The van der Waals surface area contributed by atoms with Gasteiger partial charge in [-0.05, 0) is 56.6 Å². The highest BCUT2D eigenvalue weighted by atomic mass is 16.4. The molecular formula is C20H29N5O3. The maximum atomic E-state index is 13.0. The Hall–Kier alpha value is -2.22. The first-order valence-electron chi connectivity index (χ1n) is 10.5. The first kappa shape index (κ1) is 19.1. The number of aliphatic carboxylic acids is 1. The largest absolute Gasteiger partial charge is 0.481 e. The van der Waals surface area contributed by atoms with Crippen LogP contribution in [0.3, 0.4) is 0 Å². The number of carbonyl (C=O) groups is 2. The van der Waals surface area contributed by atoms with Crippen molar-refractivity contribution in [2.24, 2.45) is 5.92 Å². The van der Waals surface area contributed by atoms with Crippen LogP contribution in [-0.4, -0.2) is 64.2 Å². The van der Waals surface area contributed by atoms with Crippen LogP contribution in [0.15, 0.2) is 6.20 Å². The van der Waals surface area contributed by atoms with Gasteiger partial charge < -0.3 is 15.3 Å². The first-order valence-corrected chi connectivity index (χ1v) is 10.5. The van der Waals surface area contributed by atoms with E-state index in [2.05, 4.69) is 10.3 Å². The molecule has 0 bridgehead atoms. The SMILES string of the molecule is O=C(O)CCC1CCC(N2CCN(c3ncc4c(n3)CCNCC4)C2=O)CC1. The molecule has 0 aromatic carbocycles. The van der Waals surface area contributed by atoms with Gasteiger partial charge in [-0.2, -0.15) is 0 Å². The number of nitrogens with one attached hydrogen (secondary N) is 1. The van der Waals surface area contributed by atoms with Gasteiger partial charge in [0.1, 0.15) is 0 Å². The fraction of sp³-hybridized carbons (Fsp3) is 0.700. The van der Waals surface area contributed by atoms with Gasteiger partial charge in [0.05, 0.1) is 5.69 Å². The van der Waals surface area contributed by atoms with Crippen molar-refractivity contribution in [3.8, 4) is 0 Å². The maximum absolute atomic E-state index is 13.0. The molecule has 1 aliphatic carbocycles. The average Bonchev–Trinajstić information content (AvgIpc) is 2.93. The molecule has 28 heavy (non-hydrogen) atoms. The van der Waals surface area contributed by atoms with Crippen LogP contribution < -0.4 is 10.2 Å². The summed E-state index contributed by atoms with van der Waals surface area (Å²) in [6, 6.07) is 0.268. The lowest BCUT2D eigenvalue weighted by molar-refractivity contribution is -0.137. The van der Waals surface area contributed by atoms with E-state index in [9.17, 15) is 9.59 Å². The van der Waals surface area contributed by atoms with Gasteiger partial charge in [-0.1, -0.05) is 0 Å². The van der Waals surface area contributed by atoms with Gasteiger partial charge in [0.15, 0.2) is 0 Å². The zero-order chi connectivity index (χ0) is 19.5. The Morgan fingerprint density at radius 2 is 1.96 bits per heavy atom. The van der Waals surface area contributed by atoms with Crippen LogP contribution in [0, 0.1) is 5.92 Å². The van der Waals surface area contributed by atoms with Crippen molar-refractivity contribution < 1.29 is 14.7 Å². The molecule has 2 N–H and O–H groups in total. The monoisotopic (exact) mass is 387 g/mol. The molecule has 1 aromatic heterocycles. The smallest absolute Gasteiger partial charge is 0.327 e. The summed E-state index contributed by atoms with van der Waals surface area (Å²) in [5.41, 5.74) is 2.23. The highest BCUT2D eigenvalue weighted by Gasteiger charge is 2.37. The molecule has 0 atom stereocenters. The maximum Gasteiger partial charge on any atom is 0.327 e. The minimum absolute atomic E-state index is 0.0145. The molecule has 3 heterocycles. The minimum atomic E-state index is -0.719. The van der Waals surface area contributed by atoms with Crippen LogP contribution in [-0.2, 0) is 17.6 Å². The molecule has 0 spiro atoms. The Morgan fingerprint density at radius 1 is 1.18 bits per heavy atom. The number of carboxylic acid groups (broad SMARTS) is 1. The molecule has 0 unspecified atom stereocenters. The van der Waals surface area contributed by atoms with E-state index < -0.39 is 5.97 Å². The number of hydrogen-bond acceptors (Lipinski definition) is 5. The van der Waals surface area contributed by atoms with Gasteiger partial charge in [0.2, 0.25) is 5.95 Å². The Kier molecular flexibility index (Phi) is 5.75. The quantitative estimate of drug-likeness (QED) is 0.800. The number of urea groups is 1. The molecule has 1 saturated heterocycles. The molecule has 4 rings (SSSR count). The number of nitrogens with zero attached hydrogens (tertiary/aromatic N) is 4. The van der Waals surface area contributed by atoms with E-state index in [1.807, 2.05) is 11.1 Å². The van der Waals surface area contributed by atoms with Crippen molar-refractivity contribution in [3.63, 3.8) is 0 Å². The predicted octanol–water partition coefficient (Wildman–Crippen LogP) is 1.83. The second-order valence-electron chi connectivity index (χ2n) is 8.13. The third-order valence-corrected chi connectivity index (χ3v) is 6.36. The second-order valence-corrected chi connectivity index (χ2v) is 8.13.